The summed E-state index contributed by atoms with van der Waals surface area (Å²) in [5.74, 6) is 0.414. The van der Waals surface area contributed by atoms with Crippen LogP contribution in [0, 0.1) is 6.92 Å². The summed E-state index contributed by atoms with van der Waals surface area (Å²) < 4.78 is 17.5. The zero-order chi connectivity index (χ0) is 19.9. The number of carbonyl (C=O) groups excluding carboxylic acids is 2. The van der Waals surface area contributed by atoms with Crippen molar-refractivity contribution in [1.82, 2.24) is 9.80 Å². The number of ether oxygens (including phenoxy) is 3. The molecule has 1 aliphatic carbocycles. The van der Waals surface area contributed by atoms with Crippen molar-refractivity contribution in [2.24, 2.45) is 0 Å². The molecule has 2 N–H and O–H groups in total. The largest absolute Gasteiger partial charge is 0.454 e. The molecule has 1 saturated carbocycles. The molecule has 3 fully saturated rings. The van der Waals surface area contributed by atoms with E-state index in [1.165, 1.54) is 11.9 Å². The normalized spacial score (nSPS) is 36.2. The van der Waals surface area contributed by atoms with Gasteiger partial charge in [0.05, 0.1) is 12.1 Å². The molecule has 1 aromatic rings. The molecule has 1 aromatic carbocycles. The molecule has 3 amide bonds. The molecule has 0 radical (unpaired) electrons. The predicted molar refractivity (Wildman–Crippen MR) is 97.1 cm³/mol. The second-order valence-corrected chi connectivity index (χ2v) is 8.36. The Balaban J connectivity index is 1.62. The van der Waals surface area contributed by atoms with Gasteiger partial charge in [0.2, 0.25) is 12.7 Å². The molecule has 5 rings (SSSR count). The maximum atomic E-state index is 12.6. The van der Waals surface area contributed by atoms with Gasteiger partial charge < -0.3 is 29.3 Å². The molecular weight excluding hydrogens is 436 g/mol. The van der Waals surface area contributed by atoms with E-state index in [9.17, 15) is 19.8 Å². The van der Waals surface area contributed by atoms with Gasteiger partial charge in [-0.1, -0.05) is 15.9 Å². The SMILES string of the molecule is Cc1c(Br)c([C@H]2[C@@H]3O[C@@H]3[C@@H](O)[C@@H](O)[C@@H]2N2CC(=O)N(C)C2=O)cc2c1OCO2. The van der Waals surface area contributed by atoms with Crippen molar-refractivity contribution in [3.63, 3.8) is 0 Å². The van der Waals surface area contributed by atoms with E-state index >= 15 is 0 Å². The fourth-order valence-corrected chi connectivity index (χ4v) is 5.10. The molecule has 28 heavy (non-hydrogen) atoms. The summed E-state index contributed by atoms with van der Waals surface area (Å²) in [6, 6.07) is 0.488. The number of hydrogen-bond donors (Lipinski definition) is 2. The molecule has 3 heterocycles. The van der Waals surface area contributed by atoms with Crippen LogP contribution in [0.1, 0.15) is 17.0 Å². The Morgan fingerprint density at radius 3 is 2.61 bits per heavy atom. The summed E-state index contributed by atoms with van der Waals surface area (Å²) in [4.78, 5) is 27.1. The summed E-state index contributed by atoms with van der Waals surface area (Å²) in [6.45, 7) is 1.85. The highest BCUT2D eigenvalue weighted by Crippen LogP contribution is 2.53. The van der Waals surface area contributed by atoms with Crippen molar-refractivity contribution in [3.05, 3.63) is 21.7 Å². The van der Waals surface area contributed by atoms with E-state index in [1.807, 2.05) is 13.0 Å². The number of aliphatic hydroxyl groups excluding tert-OH is 2. The van der Waals surface area contributed by atoms with E-state index in [0.29, 0.717) is 11.5 Å². The maximum Gasteiger partial charge on any atom is 0.327 e. The lowest BCUT2D eigenvalue weighted by Gasteiger charge is -2.41. The third kappa shape index (κ3) is 2.35. The van der Waals surface area contributed by atoms with Gasteiger partial charge in [-0.25, -0.2) is 4.79 Å². The first-order valence-corrected chi connectivity index (χ1v) is 9.78. The van der Waals surface area contributed by atoms with Gasteiger partial charge in [0.1, 0.15) is 24.9 Å². The average Bonchev–Trinajstić information content (AvgIpc) is 3.26. The Kier molecular flexibility index (Phi) is 3.93. The number of halogens is 1. The van der Waals surface area contributed by atoms with E-state index in [0.717, 1.165) is 20.5 Å². The first-order valence-electron chi connectivity index (χ1n) is 8.98. The van der Waals surface area contributed by atoms with Crippen LogP contribution < -0.4 is 9.47 Å². The van der Waals surface area contributed by atoms with Gasteiger partial charge in [-0.3, -0.25) is 9.69 Å². The smallest absolute Gasteiger partial charge is 0.327 e. The number of hydrogen-bond acceptors (Lipinski definition) is 7. The van der Waals surface area contributed by atoms with E-state index in [2.05, 4.69) is 15.9 Å². The van der Waals surface area contributed by atoms with Gasteiger partial charge in [0.15, 0.2) is 11.5 Å². The topological polar surface area (TPSA) is 112 Å². The molecule has 0 aromatic heterocycles. The third-order valence-corrected chi connectivity index (χ3v) is 7.16. The number of aliphatic hydroxyl groups is 2. The lowest BCUT2D eigenvalue weighted by atomic mass is 9.75. The number of fused-ring (bicyclic) bond motifs is 2. The van der Waals surface area contributed by atoms with E-state index in [4.69, 9.17) is 14.2 Å². The highest BCUT2D eigenvalue weighted by molar-refractivity contribution is 9.10. The monoisotopic (exact) mass is 454 g/mol. The zero-order valence-corrected chi connectivity index (χ0v) is 16.7. The number of likely N-dealkylation sites (N-methyl/N-ethyl adjacent to an activating group) is 1. The molecule has 10 heteroatoms. The van der Waals surface area contributed by atoms with E-state index in [-0.39, 0.29) is 25.3 Å². The molecule has 6 atom stereocenters. The second-order valence-electron chi connectivity index (χ2n) is 7.56. The summed E-state index contributed by atoms with van der Waals surface area (Å²) in [5, 5.41) is 21.3. The van der Waals surface area contributed by atoms with E-state index < -0.39 is 36.3 Å². The van der Waals surface area contributed by atoms with Gasteiger partial charge in [0.25, 0.3) is 0 Å². The molecule has 4 aliphatic rings. The Labute approximate surface area is 168 Å². The fourth-order valence-electron chi connectivity index (χ4n) is 4.55. The molecule has 150 valence electrons. The average molecular weight is 455 g/mol. The third-order valence-electron chi connectivity index (χ3n) is 6.10. The standard InChI is InChI=1S/C18H19BrN2O7/c1-6-11(19)7(3-8-15(6)27-5-26-8)10-12(13(23)14(24)17-16(10)28-17)21-4-9(22)20(2)18(21)25/h3,10,12-14,16-17,23-24H,4-5H2,1-2H3/t10-,12-,13+,14+,16+,17-/m1/s1. The molecular formula is C18H19BrN2O7. The Bertz CT molecular complexity index is 893. The Morgan fingerprint density at radius 1 is 1.18 bits per heavy atom. The Hall–Kier alpha value is -1.88. The summed E-state index contributed by atoms with van der Waals surface area (Å²) in [7, 11) is 1.41. The molecule has 2 saturated heterocycles. The highest BCUT2D eigenvalue weighted by atomic mass is 79.9. The van der Waals surface area contributed by atoms with Crippen molar-refractivity contribution in [2.45, 2.75) is 43.3 Å². The zero-order valence-electron chi connectivity index (χ0n) is 15.2. The van der Waals surface area contributed by atoms with Crippen molar-refractivity contribution in [3.8, 4) is 11.5 Å². The van der Waals surface area contributed by atoms with Crippen LogP contribution >= 0.6 is 15.9 Å². The molecule has 0 bridgehead atoms. The minimum absolute atomic E-state index is 0.119. The minimum Gasteiger partial charge on any atom is -0.454 e. The number of nitrogens with zero attached hydrogens (tertiary/aromatic N) is 2. The van der Waals surface area contributed by atoms with Crippen LogP contribution in [0.25, 0.3) is 0 Å². The van der Waals surface area contributed by atoms with Crippen molar-refractivity contribution >= 4 is 27.9 Å². The first kappa shape index (κ1) is 18.2. The van der Waals surface area contributed by atoms with Crippen LogP contribution in [-0.2, 0) is 9.53 Å². The van der Waals surface area contributed by atoms with Gasteiger partial charge in [-0.15, -0.1) is 0 Å². The number of carbonyl (C=O) groups is 2. The van der Waals surface area contributed by atoms with Crippen LogP contribution in [0.3, 0.4) is 0 Å². The Morgan fingerprint density at radius 2 is 1.93 bits per heavy atom. The first-order chi connectivity index (χ1) is 13.3. The predicted octanol–water partition coefficient (Wildman–Crippen LogP) is 0.335. The van der Waals surface area contributed by atoms with Crippen molar-refractivity contribution in [2.75, 3.05) is 20.4 Å². The number of benzene rings is 1. The lowest BCUT2D eigenvalue weighted by Crippen LogP contribution is -2.58. The molecule has 3 aliphatic heterocycles. The van der Waals surface area contributed by atoms with Gasteiger partial charge in [-0.05, 0) is 18.6 Å². The van der Waals surface area contributed by atoms with Gasteiger partial charge >= 0.3 is 6.03 Å². The molecule has 9 nitrogen and oxygen atoms in total. The molecule has 0 unspecified atom stereocenters. The lowest BCUT2D eigenvalue weighted by molar-refractivity contribution is -0.125. The number of urea groups is 1. The number of amides is 3. The number of rotatable bonds is 2. The maximum absolute atomic E-state index is 12.6. The minimum atomic E-state index is -1.25. The van der Waals surface area contributed by atoms with Gasteiger partial charge in [-0.2, -0.15) is 0 Å². The van der Waals surface area contributed by atoms with Crippen LogP contribution in [0.5, 0.6) is 11.5 Å². The quantitative estimate of drug-likeness (QED) is 0.489. The van der Waals surface area contributed by atoms with E-state index in [1.54, 1.807) is 0 Å². The van der Waals surface area contributed by atoms with Crippen LogP contribution in [0.15, 0.2) is 10.5 Å². The summed E-state index contributed by atoms with van der Waals surface area (Å²) in [5.41, 5.74) is 1.61. The summed E-state index contributed by atoms with van der Waals surface area (Å²) in [6.07, 6.45) is -3.28. The fraction of sp³-hybridized carbons (Fsp3) is 0.556. The molecule has 0 spiro atoms. The summed E-state index contributed by atoms with van der Waals surface area (Å²) >= 11 is 3.61. The van der Waals surface area contributed by atoms with Crippen LogP contribution in [0.4, 0.5) is 4.79 Å². The number of epoxide rings is 1. The van der Waals surface area contributed by atoms with Crippen LogP contribution in [0.2, 0.25) is 0 Å². The highest BCUT2D eigenvalue weighted by Gasteiger charge is 2.63. The van der Waals surface area contributed by atoms with Gasteiger partial charge in [0, 0.05) is 23.0 Å². The van der Waals surface area contributed by atoms with Crippen molar-refractivity contribution < 1.29 is 34.0 Å². The second kappa shape index (κ2) is 6.06. The van der Waals surface area contributed by atoms with Crippen molar-refractivity contribution in [1.29, 1.82) is 0 Å². The number of imide groups is 1. The van der Waals surface area contributed by atoms with Crippen LogP contribution in [-0.4, -0.2) is 82.8 Å².